The Morgan fingerprint density at radius 2 is 2.04 bits per heavy atom. The molecule has 2 aromatic rings. The van der Waals surface area contributed by atoms with Gasteiger partial charge < -0.3 is 15.0 Å². The molecule has 26 heavy (non-hydrogen) atoms. The highest BCUT2D eigenvalue weighted by Gasteiger charge is 2.20. The first-order valence-electron chi connectivity index (χ1n) is 8.80. The second-order valence-electron chi connectivity index (χ2n) is 7.71. The number of amides is 1. The number of nitrogens with one attached hydrogen (secondary N) is 2. The average Bonchev–Trinajstić information content (AvgIpc) is 2.89. The molecule has 3 rings (SSSR count). The third-order valence-electron chi connectivity index (χ3n) is 4.20. The summed E-state index contributed by atoms with van der Waals surface area (Å²) in [4.78, 5) is 19.0. The standard InChI is InChI=1S/C17H25BN6O2/c1-17(2,3)26-16(25)22-14-9-13(20-11-5-7-23(4)8-6-11)21-15-12(18)10-19-24(14)15/h9-11H,5-8H2,1-4H3,(H,20,21)(H,22,25). The first kappa shape index (κ1) is 18.5. The van der Waals surface area contributed by atoms with E-state index < -0.39 is 11.7 Å². The summed E-state index contributed by atoms with van der Waals surface area (Å²) in [5, 5.41) is 10.4. The zero-order valence-corrected chi connectivity index (χ0v) is 15.7. The summed E-state index contributed by atoms with van der Waals surface area (Å²) in [5.41, 5.74) is 0.354. The van der Waals surface area contributed by atoms with Gasteiger partial charge in [-0.25, -0.2) is 9.78 Å². The van der Waals surface area contributed by atoms with Crippen LogP contribution in [0.15, 0.2) is 12.3 Å². The van der Waals surface area contributed by atoms with Gasteiger partial charge in [-0.2, -0.15) is 9.61 Å². The van der Waals surface area contributed by atoms with Crippen molar-refractivity contribution >= 4 is 36.7 Å². The minimum atomic E-state index is -0.589. The van der Waals surface area contributed by atoms with Gasteiger partial charge in [-0.15, -0.1) is 0 Å². The van der Waals surface area contributed by atoms with Crippen LogP contribution < -0.4 is 16.1 Å². The zero-order chi connectivity index (χ0) is 18.9. The predicted octanol–water partition coefficient (Wildman–Crippen LogP) is 1.38. The van der Waals surface area contributed by atoms with Crippen LogP contribution in [0.25, 0.3) is 5.65 Å². The molecule has 138 valence electrons. The molecule has 0 spiro atoms. The van der Waals surface area contributed by atoms with Crippen molar-refractivity contribution in [3.8, 4) is 0 Å². The van der Waals surface area contributed by atoms with Crippen LogP contribution in [0, 0.1) is 0 Å². The summed E-state index contributed by atoms with van der Waals surface area (Å²) in [5.74, 6) is 1.11. The first-order valence-corrected chi connectivity index (χ1v) is 8.80. The lowest BCUT2D eigenvalue weighted by molar-refractivity contribution is 0.0635. The molecule has 1 saturated heterocycles. The second-order valence-corrected chi connectivity index (χ2v) is 7.71. The maximum Gasteiger partial charge on any atom is 0.413 e. The van der Waals surface area contributed by atoms with Crippen LogP contribution >= 0.6 is 0 Å². The van der Waals surface area contributed by atoms with Crippen LogP contribution in [0.3, 0.4) is 0 Å². The SMILES string of the molecule is [B]c1cnn2c(NC(=O)OC(C)(C)C)cc(NC3CCN(C)CC3)nc12. The van der Waals surface area contributed by atoms with Crippen molar-refractivity contribution in [3.63, 3.8) is 0 Å². The van der Waals surface area contributed by atoms with E-state index in [2.05, 4.69) is 32.7 Å². The zero-order valence-electron chi connectivity index (χ0n) is 15.7. The lowest BCUT2D eigenvalue weighted by atomic mass is 10.0. The van der Waals surface area contributed by atoms with E-state index >= 15 is 0 Å². The molecule has 0 saturated carbocycles. The molecular formula is C17H25BN6O2. The van der Waals surface area contributed by atoms with Gasteiger partial charge in [0.25, 0.3) is 0 Å². The Hall–Kier alpha value is -2.29. The van der Waals surface area contributed by atoms with Crippen molar-refractivity contribution in [2.45, 2.75) is 45.3 Å². The Bertz CT molecular complexity index is 792. The molecule has 0 atom stereocenters. The molecule has 0 bridgehead atoms. The van der Waals surface area contributed by atoms with Gasteiger partial charge in [0, 0.05) is 18.3 Å². The van der Waals surface area contributed by atoms with Crippen molar-refractivity contribution in [2.75, 3.05) is 30.8 Å². The minimum absolute atomic E-state index is 0.333. The highest BCUT2D eigenvalue weighted by atomic mass is 16.6. The number of carbonyl (C=O) groups is 1. The molecule has 9 heteroatoms. The number of likely N-dealkylation sites (tertiary alicyclic amines) is 1. The Morgan fingerprint density at radius 1 is 1.35 bits per heavy atom. The number of piperidine rings is 1. The molecule has 1 aliphatic rings. The topological polar surface area (TPSA) is 83.8 Å². The molecule has 2 N–H and O–H groups in total. The van der Waals surface area contributed by atoms with E-state index in [-0.39, 0.29) is 0 Å². The van der Waals surface area contributed by atoms with Crippen LogP contribution in [0.5, 0.6) is 0 Å². The van der Waals surface area contributed by atoms with E-state index in [0.29, 0.717) is 28.8 Å². The van der Waals surface area contributed by atoms with Crippen molar-refractivity contribution in [1.29, 1.82) is 0 Å². The molecular weight excluding hydrogens is 331 g/mol. The molecule has 8 nitrogen and oxygen atoms in total. The molecule has 0 aromatic carbocycles. The Balaban J connectivity index is 1.83. The van der Waals surface area contributed by atoms with Crippen molar-refractivity contribution < 1.29 is 9.53 Å². The van der Waals surface area contributed by atoms with E-state index in [0.717, 1.165) is 25.9 Å². The van der Waals surface area contributed by atoms with Gasteiger partial charge in [0.1, 0.15) is 25.1 Å². The largest absolute Gasteiger partial charge is 0.444 e. The minimum Gasteiger partial charge on any atom is -0.444 e. The van der Waals surface area contributed by atoms with Crippen LogP contribution in [0.1, 0.15) is 33.6 Å². The molecule has 2 radical (unpaired) electrons. The maximum atomic E-state index is 12.2. The number of hydrogen-bond donors (Lipinski definition) is 2. The number of aromatic nitrogens is 3. The van der Waals surface area contributed by atoms with Crippen LogP contribution in [0.4, 0.5) is 16.4 Å². The first-order chi connectivity index (χ1) is 12.2. The summed E-state index contributed by atoms with van der Waals surface area (Å²) in [7, 11) is 8.10. The molecule has 0 aliphatic carbocycles. The average molecular weight is 356 g/mol. The molecule has 1 aliphatic heterocycles. The predicted molar refractivity (Wildman–Crippen MR) is 102 cm³/mol. The van der Waals surface area contributed by atoms with E-state index in [1.165, 1.54) is 10.7 Å². The normalized spacial score (nSPS) is 16.6. The van der Waals surface area contributed by atoms with Crippen molar-refractivity contribution in [3.05, 3.63) is 12.3 Å². The summed E-state index contributed by atoms with van der Waals surface area (Å²) in [6, 6.07) is 2.08. The fourth-order valence-corrected chi connectivity index (χ4v) is 2.91. The van der Waals surface area contributed by atoms with E-state index in [1.54, 1.807) is 6.07 Å². The molecule has 3 heterocycles. The summed E-state index contributed by atoms with van der Waals surface area (Å²) in [6.45, 7) is 7.52. The monoisotopic (exact) mass is 356 g/mol. The maximum absolute atomic E-state index is 12.2. The lowest BCUT2D eigenvalue weighted by Crippen LogP contribution is -2.37. The summed E-state index contributed by atoms with van der Waals surface area (Å²) < 4.78 is 6.83. The van der Waals surface area contributed by atoms with Crippen molar-refractivity contribution in [1.82, 2.24) is 19.5 Å². The highest BCUT2D eigenvalue weighted by Crippen LogP contribution is 2.19. The van der Waals surface area contributed by atoms with Gasteiger partial charge in [0.2, 0.25) is 0 Å². The van der Waals surface area contributed by atoms with E-state index in [1.807, 2.05) is 20.8 Å². The fourth-order valence-electron chi connectivity index (χ4n) is 2.91. The third-order valence-corrected chi connectivity index (χ3v) is 4.20. The van der Waals surface area contributed by atoms with Crippen LogP contribution in [0.2, 0.25) is 0 Å². The molecule has 1 amide bonds. The van der Waals surface area contributed by atoms with Gasteiger partial charge in [-0.05, 0) is 59.2 Å². The van der Waals surface area contributed by atoms with Gasteiger partial charge in [-0.1, -0.05) is 0 Å². The highest BCUT2D eigenvalue weighted by molar-refractivity contribution is 6.36. The van der Waals surface area contributed by atoms with Gasteiger partial charge >= 0.3 is 6.09 Å². The van der Waals surface area contributed by atoms with Crippen LogP contribution in [-0.2, 0) is 4.74 Å². The molecule has 2 aromatic heterocycles. The number of anilines is 2. The van der Waals surface area contributed by atoms with Gasteiger partial charge in [0.05, 0.1) is 0 Å². The number of fused-ring (bicyclic) bond motifs is 1. The van der Waals surface area contributed by atoms with E-state index in [4.69, 9.17) is 12.6 Å². The van der Waals surface area contributed by atoms with Gasteiger partial charge in [-0.3, -0.25) is 5.32 Å². The number of nitrogens with zero attached hydrogens (tertiary/aromatic N) is 4. The summed E-state index contributed by atoms with van der Waals surface area (Å²) in [6.07, 6.45) is 3.03. The number of carbonyl (C=O) groups excluding carboxylic acids is 1. The summed E-state index contributed by atoms with van der Waals surface area (Å²) >= 11 is 0. The third kappa shape index (κ3) is 4.46. The smallest absolute Gasteiger partial charge is 0.413 e. The molecule has 0 unspecified atom stereocenters. The number of hydrogen-bond acceptors (Lipinski definition) is 6. The Kier molecular flexibility index (Phi) is 5.09. The van der Waals surface area contributed by atoms with E-state index in [9.17, 15) is 4.79 Å². The second kappa shape index (κ2) is 7.15. The fraction of sp³-hybridized carbons (Fsp3) is 0.588. The quantitative estimate of drug-likeness (QED) is 0.809. The van der Waals surface area contributed by atoms with Crippen LogP contribution in [-0.4, -0.2) is 65.2 Å². The van der Waals surface area contributed by atoms with Gasteiger partial charge in [0.15, 0.2) is 5.65 Å². The lowest BCUT2D eigenvalue weighted by Gasteiger charge is -2.29. The molecule has 1 fully saturated rings. The number of rotatable bonds is 3. The van der Waals surface area contributed by atoms with Crippen molar-refractivity contribution in [2.24, 2.45) is 0 Å². The number of ether oxygens (including phenoxy) is 1. The Morgan fingerprint density at radius 3 is 2.69 bits per heavy atom. The Labute approximate surface area is 154 Å².